The van der Waals surface area contributed by atoms with Crippen molar-refractivity contribution in [3.05, 3.63) is 30.1 Å². The van der Waals surface area contributed by atoms with E-state index in [4.69, 9.17) is 4.74 Å². The number of carbonyl (C=O) groups excluding carboxylic acids is 2. The lowest BCUT2D eigenvalue weighted by Gasteiger charge is -2.37. The highest BCUT2D eigenvalue weighted by Crippen LogP contribution is 2.28. The third-order valence-electron chi connectivity index (χ3n) is 6.82. The molecular weight excluding hydrogens is 451 g/mol. The lowest BCUT2D eigenvalue weighted by atomic mass is 10.0. The second kappa shape index (κ2) is 10.0. The van der Waals surface area contributed by atoms with Gasteiger partial charge in [0.05, 0.1) is 23.6 Å². The summed E-state index contributed by atoms with van der Waals surface area (Å²) < 4.78 is 46.4. The zero-order valence-corrected chi connectivity index (χ0v) is 19.5. The van der Waals surface area contributed by atoms with Crippen LogP contribution in [0, 0.1) is 5.82 Å². The standard InChI is InChI=1S/C22H31FN4O5S/c1-32-14-18-3-2-10-26(18)21(28)9-6-17-12-24-22(29)20-11-16(13-27(17)20)25-33(30,31)19-7-4-15(23)5-8-19/h4-5,7-8,16-18,20,25H,2-3,6,9-14H2,1H3,(H,24,29). The molecule has 3 fully saturated rings. The van der Waals surface area contributed by atoms with Crippen LogP contribution in [0.3, 0.4) is 0 Å². The van der Waals surface area contributed by atoms with Gasteiger partial charge < -0.3 is 15.0 Å². The van der Waals surface area contributed by atoms with Gasteiger partial charge in [0.1, 0.15) is 5.82 Å². The lowest BCUT2D eigenvalue weighted by molar-refractivity contribution is -0.133. The van der Waals surface area contributed by atoms with Crippen molar-refractivity contribution in [2.24, 2.45) is 0 Å². The number of nitrogens with zero attached hydrogens (tertiary/aromatic N) is 2. The van der Waals surface area contributed by atoms with Gasteiger partial charge in [0.2, 0.25) is 21.8 Å². The predicted octanol–water partition coefficient (Wildman–Crippen LogP) is 0.463. The minimum atomic E-state index is -3.83. The normalized spacial score (nSPS) is 28.1. The maximum absolute atomic E-state index is 13.2. The third-order valence-corrected chi connectivity index (χ3v) is 8.35. The van der Waals surface area contributed by atoms with E-state index in [0.717, 1.165) is 31.5 Å². The van der Waals surface area contributed by atoms with Gasteiger partial charge in [-0.25, -0.2) is 17.5 Å². The van der Waals surface area contributed by atoms with Crippen LogP contribution in [0.5, 0.6) is 0 Å². The summed E-state index contributed by atoms with van der Waals surface area (Å²) >= 11 is 0. The minimum absolute atomic E-state index is 0.0170. The number of fused-ring (bicyclic) bond motifs is 1. The average Bonchev–Trinajstić information content (AvgIpc) is 3.41. The van der Waals surface area contributed by atoms with E-state index < -0.39 is 27.9 Å². The van der Waals surface area contributed by atoms with Crippen LogP contribution in [0.25, 0.3) is 0 Å². The van der Waals surface area contributed by atoms with Crippen molar-refractivity contribution in [2.45, 2.75) is 61.2 Å². The molecule has 3 saturated heterocycles. The van der Waals surface area contributed by atoms with Crippen molar-refractivity contribution < 1.29 is 27.1 Å². The monoisotopic (exact) mass is 482 g/mol. The van der Waals surface area contributed by atoms with Crippen molar-refractivity contribution >= 4 is 21.8 Å². The van der Waals surface area contributed by atoms with E-state index in [9.17, 15) is 22.4 Å². The predicted molar refractivity (Wildman–Crippen MR) is 118 cm³/mol. The molecule has 2 N–H and O–H groups in total. The average molecular weight is 483 g/mol. The summed E-state index contributed by atoms with van der Waals surface area (Å²) in [6.07, 6.45) is 3.23. The van der Waals surface area contributed by atoms with Crippen molar-refractivity contribution in [2.75, 3.05) is 33.4 Å². The van der Waals surface area contributed by atoms with Gasteiger partial charge >= 0.3 is 0 Å². The molecule has 0 radical (unpaired) electrons. The summed E-state index contributed by atoms with van der Waals surface area (Å²) in [5.74, 6) is -0.542. The van der Waals surface area contributed by atoms with E-state index in [0.29, 0.717) is 39.0 Å². The number of likely N-dealkylation sites (tertiary alicyclic amines) is 1. The fourth-order valence-corrected chi connectivity index (χ4v) is 6.43. The second-order valence-corrected chi connectivity index (χ2v) is 10.7. The number of amides is 2. The Hall–Kier alpha value is -2.08. The first-order valence-corrected chi connectivity index (χ1v) is 12.9. The number of hydrogen-bond acceptors (Lipinski definition) is 6. The zero-order valence-electron chi connectivity index (χ0n) is 18.7. The summed E-state index contributed by atoms with van der Waals surface area (Å²) in [7, 11) is -2.20. The number of carbonyl (C=O) groups is 2. The number of benzene rings is 1. The smallest absolute Gasteiger partial charge is 0.240 e. The maximum atomic E-state index is 13.2. The van der Waals surface area contributed by atoms with Gasteiger partial charge in [-0.15, -0.1) is 0 Å². The number of rotatable bonds is 8. The molecule has 0 bridgehead atoms. The summed E-state index contributed by atoms with van der Waals surface area (Å²) in [5.41, 5.74) is 0. The number of ether oxygens (including phenoxy) is 1. The minimum Gasteiger partial charge on any atom is -0.383 e. The Kier molecular flexibility index (Phi) is 7.32. The molecule has 0 aliphatic carbocycles. The van der Waals surface area contributed by atoms with Crippen molar-refractivity contribution in [1.82, 2.24) is 19.8 Å². The number of hydrogen-bond donors (Lipinski definition) is 2. The maximum Gasteiger partial charge on any atom is 0.240 e. The van der Waals surface area contributed by atoms with Gasteiger partial charge in [-0.1, -0.05) is 0 Å². The largest absolute Gasteiger partial charge is 0.383 e. The van der Waals surface area contributed by atoms with Crippen LogP contribution in [-0.4, -0.2) is 87.6 Å². The summed E-state index contributed by atoms with van der Waals surface area (Å²) in [4.78, 5) is 29.1. The van der Waals surface area contributed by atoms with Crippen molar-refractivity contribution in [1.29, 1.82) is 0 Å². The number of sulfonamides is 1. The zero-order chi connectivity index (χ0) is 23.6. The first-order valence-electron chi connectivity index (χ1n) is 11.4. The van der Waals surface area contributed by atoms with Gasteiger partial charge in [-0.05, 0) is 49.9 Å². The Morgan fingerprint density at radius 2 is 2.03 bits per heavy atom. The Morgan fingerprint density at radius 1 is 1.27 bits per heavy atom. The molecule has 3 aliphatic heterocycles. The number of nitrogens with one attached hydrogen (secondary N) is 2. The van der Waals surface area contributed by atoms with E-state index in [1.54, 1.807) is 7.11 Å². The quantitative estimate of drug-likeness (QED) is 0.558. The highest BCUT2D eigenvalue weighted by Gasteiger charge is 2.44. The molecule has 0 spiro atoms. The van der Waals surface area contributed by atoms with Gasteiger partial charge in [0, 0.05) is 45.2 Å². The topological polar surface area (TPSA) is 108 Å². The summed E-state index contributed by atoms with van der Waals surface area (Å²) in [6, 6.07) is 3.84. The van der Waals surface area contributed by atoms with E-state index in [1.165, 1.54) is 12.1 Å². The Labute approximate surface area is 193 Å². The number of piperazine rings is 1. The first-order chi connectivity index (χ1) is 15.8. The molecule has 11 heteroatoms. The van der Waals surface area contributed by atoms with Crippen LogP contribution >= 0.6 is 0 Å². The highest BCUT2D eigenvalue weighted by atomic mass is 32.2. The summed E-state index contributed by atoms with van der Waals surface area (Å²) in [6.45, 7) is 2.10. The molecule has 3 aliphatic rings. The third kappa shape index (κ3) is 5.37. The number of methoxy groups -OCH3 is 1. The molecule has 0 aromatic heterocycles. The highest BCUT2D eigenvalue weighted by molar-refractivity contribution is 7.89. The van der Waals surface area contributed by atoms with Crippen LogP contribution in [0.15, 0.2) is 29.2 Å². The molecule has 1 aromatic rings. The molecule has 4 atom stereocenters. The van der Waals surface area contributed by atoms with Crippen molar-refractivity contribution in [3.8, 4) is 0 Å². The van der Waals surface area contributed by atoms with Crippen LogP contribution in [0.4, 0.5) is 4.39 Å². The lowest BCUT2D eigenvalue weighted by Crippen LogP contribution is -2.58. The molecule has 33 heavy (non-hydrogen) atoms. The fraction of sp³-hybridized carbons (Fsp3) is 0.636. The molecule has 9 nitrogen and oxygen atoms in total. The molecule has 4 rings (SSSR count). The Morgan fingerprint density at radius 3 is 2.76 bits per heavy atom. The van der Waals surface area contributed by atoms with Gasteiger partial charge in [-0.3, -0.25) is 14.5 Å². The fourth-order valence-electron chi connectivity index (χ4n) is 5.19. The van der Waals surface area contributed by atoms with E-state index in [1.807, 2.05) is 9.80 Å². The molecule has 1 aromatic carbocycles. The second-order valence-electron chi connectivity index (χ2n) is 9.00. The Bertz CT molecular complexity index is 974. The molecule has 182 valence electrons. The Balaban J connectivity index is 1.37. The SMILES string of the molecule is COCC1CCCN1C(=O)CCC1CNC(=O)C2CC(NS(=O)(=O)c3ccc(F)cc3)CN12. The van der Waals surface area contributed by atoms with E-state index in [-0.39, 0.29) is 28.8 Å². The van der Waals surface area contributed by atoms with Crippen LogP contribution in [0.2, 0.25) is 0 Å². The van der Waals surface area contributed by atoms with Gasteiger partial charge in [0.15, 0.2) is 0 Å². The van der Waals surface area contributed by atoms with Crippen LogP contribution in [-0.2, 0) is 24.3 Å². The number of halogens is 1. The molecule has 3 heterocycles. The molecular formula is C22H31FN4O5S. The van der Waals surface area contributed by atoms with E-state index in [2.05, 4.69) is 10.0 Å². The molecule has 2 amide bonds. The van der Waals surface area contributed by atoms with Crippen molar-refractivity contribution in [3.63, 3.8) is 0 Å². The molecule has 4 unspecified atom stereocenters. The van der Waals surface area contributed by atoms with Crippen LogP contribution < -0.4 is 10.0 Å². The molecule has 0 saturated carbocycles. The van der Waals surface area contributed by atoms with Gasteiger partial charge in [0.25, 0.3) is 0 Å². The first kappa shape index (κ1) is 24.1. The van der Waals surface area contributed by atoms with E-state index >= 15 is 0 Å². The van der Waals surface area contributed by atoms with Gasteiger partial charge in [-0.2, -0.15) is 0 Å². The summed E-state index contributed by atoms with van der Waals surface area (Å²) in [5, 5.41) is 2.90. The van der Waals surface area contributed by atoms with Crippen LogP contribution in [0.1, 0.15) is 32.1 Å².